The molecule has 0 amide bonds. The van der Waals surface area contributed by atoms with Crippen molar-refractivity contribution in [3.8, 4) is 11.4 Å². The molecule has 6 nitrogen and oxygen atoms in total. The van der Waals surface area contributed by atoms with Gasteiger partial charge in [0.25, 0.3) is 0 Å². The molecule has 0 unspecified atom stereocenters. The fraction of sp³-hybridized carbons (Fsp3) is 0.176. The van der Waals surface area contributed by atoms with Crippen molar-refractivity contribution >= 4 is 21.6 Å². The molecule has 0 spiro atoms. The molecule has 3 rings (SSSR count). The number of sulfonamides is 1. The highest BCUT2D eigenvalue weighted by Gasteiger charge is 2.21. The number of benzene rings is 2. The number of halogens is 1. The monoisotopic (exact) mass is 377 g/mol. The van der Waals surface area contributed by atoms with Crippen LogP contribution in [0.2, 0.25) is 5.02 Å². The van der Waals surface area contributed by atoms with Crippen LogP contribution in [-0.4, -0.2) is 29.9 Å². The Kier molecular flexibility index (Phi) is 5.17. The predicted octanol–water partition coefficient (Wildman–Crippen LogP) is 3.35. The van der Waals surface area contributed by atoms with Crippen LogP contribution in [0.4, 0.5) is 0 Å². The Morgan fingerprint density at radius 2 is 1.88 bits per heavy atom. The van der Waals surface area contributed by atoms with Gasteiger partial charge in [0.15, 0.2) is 0 Å². The van der Waals surface area contributed by atoms with Gasteiger partial charge in [-0.3, -0.25) is 0 Å². The summed E-state index contributed by atoms with van der Waals surface area (Å²) in [7, 11) is -2.06. The predicted molar refractivity (Wildman–Crippen MR) is 95.3 cm³/mol. The Hall–Kier alpha value is -2.22. The summed E-state index contributed by atoms with van der Waals surface area (Å²) in [5, 5.41) is 4.39. The van der Waals surface area contributed by atoms with Crippen LogP contribution in [0, 0.1) is 0 Å². The third-order valence-electron chi connectivity index (χ3n) is 3.57. The zero-order valence-electron chi connectivity index (χ0n) is 13.5. The van der Waals surface area contributed by atoms with Crippen molar-refractivity contribution in [3.05, 3.63) is 71.1 Å². The summed E-state index contributed by atoms with van der Waals surface area (Å²) in [6.07, 6.45) is 0. The SMILES string of the molecule is CN(Cc1nc(-c2ccccc2)no1)S(=O)(=O)Cc1cccc(Cl)c1. The Bertz CT molecular complexity index is 958. The van der Waals surface area contributed by atoms with Crippen molar-refractivity contribution in [3.63, 3.8) is 0 Å². The van der Waals surface area contributed by atoms with Crippen LogP contribution in [0.15, 0.2) is 59.1 Å². The summed E-state index contributed by atoms with van der Waals surface area (Å²) >= 11 is 5.90. The number of hydrogen-bond donors (Lipinski definition) is 0. The van der Waals surface area contributed by atoms with Crippen LogP contribution >= 0.6 is 11.6 Å². The maximum atomic E-state index is 12.5. The fourth-order valence-corrected chi connectivity index (χ4v) is 3.60. The molecular weight excluding hydrogens is 362 g/mol. The van der Waals surface area contributed by atoms with Gasteiger partial charge >= 0.3 is 0 Å². The van der Waals surface area contributed by atoms with E-state index in [0.717, 1.165) is 5.56 Å². The summed E-state index contributed by atoms with van der Waals surface area (Å²) in [5.74, 6) is 0.510. The molecule has 3 aromatic rings. The smallest absolute Gasteiger partial charge is 0.242 e. The van der Waals surface area contributed by atoms with E-state index >= 15 is 0 Å². The standard InChI is InChI=1S/C17H16ClN3O3S/c1-21(25(22,23)12-13-6-5-9-15(18)10-13)11-16-19-17(20-24-16)14-7-3-2-4-8-14/h2-10H,11-12H2,1H3. The average Bonchev–Trinajstić information content (AvgIpc) is 3.04. The molecule has 2 aromatic carbocycles. The molecule has 8 heteroatoms. The maximum absolute atomic E-state index is 12.5. The van der Waals surface area contributed by atoms with Crippen molar-refractivity contribution in [2.45, 2.75) is 12.3 Å². The van der Waals surface area contributed by atoms with Crippen molar-refractivity contribution in [2.24, 2.45) is 0 Å². The highest BCUT2D eigenvalue weighted by atomic mass is 35.5. The van der Waals surface area contributed by atoms with Gasteiger partial charge in [-0.15, -0.1) is 0 Å². The van der Waals surface area contributed by atoms with Crippen LogP contribution in [0.3, 0.4) is 0 Å². The van der Waals surface area contributed by atoms with E-state index < -0.39 is 10.0 Å². The van der Waals surface area contributed by atoms with Crippen LogP contribution < -0.4 is 0 Å². The molecule has 0 radical (unpaired) electrons. The molecular formula is C17H16ClN3O3S. The first-order valence-electron chi connectivity index (χ1n) is 7.50. The minimum atomic E-state index is -3.54. The third-order valence-corrected chi connectivity index (χ3v) is 5.58. The Morgan fingerprint density at radius 1 is 1.12 bits per heavy atom. The Balaban J connectivity index is 1.71. The number of rotatable bonds is 6. The van der Waals surface area contributed by atoms with Gasteiger partial charge < -0.3 is 4.52 Å². The summed E-state index contributed by atoms with van der Waals surface area (Å²) < 4.78 is 31.3. The molecule has 0 atom stereocenters. The molecule has 130 valence electrons. The second kappa shape index (κ2) is 7.35. The molecule has 0 bridgehead atoms. The number of hydrogen-bond acceptors (Lipinski definition) is 5. The van der Waals surface area contributed by atoms with Crippen LogP contribution in [0.25, 0.3) is 11.4 Å². The average molecular weight is 378 g/mol. The van der Waals surface area contributed by atoms with Gasteiger partial charge in [0.1, 0.15) is 0 Å². The van der Waals surface area contributed by atoms with Crippen molar-refractivity contribution in [1.29, 1.82) is 0 Å². The highest BCUT2D eigenvalue weighted by molar-refractivity contribution is 7.88. The quantitative estimate of drug-likeness (QED) is 0.658. The summed E-state index contributed by atoms with van der Waals surface area (Å²) in [6.45, 7) is 0.00271. The fourth-order valence-electron chi connectivity index (χ4n) is 2.26. The van der Waals surface area contributed by atoms with Crippen molar-refractivity contribution in [2.75, 3.05) is 7.05 Å². The van der Waals surface area contributed by atoms with Gasteiger partial charge in [-0.1, -0.05) is 59.2 Å². The minimum absolute atomic E-state index is 0.00271. The molecule has 0 aliphatic carbocycles. The largest absolute Gasteiger partial charge is 0.338 e. The van der Waals surface area contributed by atoms with Gasteiger partial charge in [-0.2, -0.15) is 9.29 Å². The molecule has 0 saturated heterocycles. The van der Waals surface area contributed by atoms with Gasteiger partial charge in [0, 0.05) is 17.6 Å². The Morgan fingerprint density at radius 3 is 2.60 bits per heavy atom. The van der Waals surface area contributed by atoms with Crippen molar-refractivity contribution < 1.29 is 12.9 Å². The van der Waals surface area contributed by atoms with E-state index in [1.165, 1.54) is 11.4 Å². The van der Waals surface area contributed by atoms with Crippen LogP contribution in [0.1, 0.15) is 11.5 Å². The topological polar surface area (TPSA) is 76.3 Å². The van der Waals surface area contributed by atoms with E-state index in [9.17, 15) is 8.42 Å². The van der Waals surface area contributed by atoms with E-state index in [2.05, 4.69) is 10.1 Å². The van der Waals surface area contributed by atoms with E-state index in [0.29, 0.717) is 16.4 Å². The summed E-state index contributed by atoms with van der Waals surface area (Å²) in [5.41, 5.74) is 1.43. The highest BCUT2D eigenvalue weighted by Crippen LogP contribution is 2.18. The minimum Gasteiger partial charge on any atom is -0.338 e. The molecule has 0 saturated carbocycles. The van der Waals surface area contributed by atoms with E-state index in [1.807, 2.05) is 30.3 Å². The second-order valence-electron chi connectivity index (χ2n) is 5.52. The van der Waals surface area contributed by atoms with Gasteiger partial charge in [0.2, 0.25) is 21.7 Å². The molecule has 1 heterocycles. The van der Waals surface area contributed by atoms with E-state index in [-0.39, 0.29) is 18.2 Å². The molecule has 0 N–H and O–H groups in total. The third kappa shape index (κ3) is 4.45. The molecule has 25 heavy (non-hydrogen) atoms. The summed E-state index contributed by atoms with van der Waals surface area (Å²) in [6, 6.07) is 16.1. The first kappa shape index (κ1) is 17.6. The molecule has 1 aromatic heterocycles. The lowest BCUT2D eigenvalue weighted by atomic mass is 10.2. The Labute approximate surface area is 151 Å². The number of nitrogens with zero attached hydrogens (tertiary/aromatic N) is 3. The van der Waals surface area contributed by atoms with Gasteiger partial charge in [0.05, 0.1) is 12.3 Å². The van der Waals surface area contributed by atoms with Gasteiger partial charge in [-0.05, 0) is 17.7 Å². The lowest BCUT2D eigenvalue weighted by Gasteiger charge is -2.15. The zero-order chi connectivity index (χ0) is 17.9. The first-order valence-corrected chi connectivity index (χ1v) is 9.49. The molecule has 0 aliphatic rings. The lowest BCUT2D eigenvalue weighted by Crippen LogP contribution is -2.27. The van der Waals surface area contributed by atoms with Crippen LogP contribution in [0.5, 0.6) is 0 Å². The van der Waals surface area contributed by atoms with Crippen LogP contribution in [-0.2, 0) is 22.3 Å². The normalized spacial score (nSPS) is 11.8. The maximum Gasteiger partial charge on any atom is 0.242 e. The molecule has 0 fully saturated rings. The molecule has 0 aliphatic heterocycles. The summed E-state index contributed by atoms with van der Waals surface area (Å²) in [4.78, 5) is 4.25. The first-order chi connectivity index (χ1) is 11.9. The van der Waals surface area contributed by atoms with E-state index in [4.69, 9.17) is 16.1 Å². The van der Waals surface area contributed by atoms with Gasteiger partial charge in [-0.25, -0.2) is 8.42 Å². The second-order valence-corrected chi connectivity index (χ2v) is 8.03. The number of aromatic nitrogens is 2. The van der Waals surface area contributed by atoms with E-state index in [1.54, 1.807) is 24.3 Å². The zero-order valence-corrected chi connectivity index (χ0v) is 15.0. The van der Waals surface area contributed by atoms with Crippen molar-refractivity contribution in [1.82, 2.24) is 14.4 Å². The lowest BCUT2D eigenvalue weighted by molar-refractivity contribution is 0.336.